The van der Waals surface area contributed by atoms with Gasteiger partial charge in [-0.25, -0.2) is 4.98 Å². The molecule has 1 atom stereocenters. The lowest BCUT2D eigenvalue weighted by molar-refractivity contribution is 0.265. The average Bonchev–Trinajstić information content (AvgIpc) is 2.55. The predicted molar refractivity (Wildman–Crippen MR) is 59.0 cm³/mol. The molecular weight excluding hydrogens is 214 g/mol. The standard InChI is InChI=1S/C10H12ClN3O/c1-6-9(8(12)5-15)14-4-2-3-7(11)10(14)13-6/h2-4,8,15H,5,12H2,1H3. The topological polar surface area (TPSA) is 63.5 Å². The molecule has 0 saturated heterocycles. The van der Waals surface area contributed by atoms with E-state index in [4.69, 9.17) is 22.4 Å². The van der Waals surface area contributed by atoms with Crippen LogP contribution in [-0.2, 0) is 0 Å². The van der Waals surface area contributed by atoms with Crippen LogP contribution in [0.3, 0.4) is 0 Å². The van der Waals surface area contributed by atoms with Gasteiger partial charge in [0.1, 0.15) is 0 Å². The molecule has 2 aromatic rings. The van der Waals surface area contributed by atoms with E-state index in [-0.39, 0.29) is 6.61 Å². The number of pyridine rings is 1. The van der Waals surface area contributed by atoms with Gasteiger partial charge in [0.2, 0.25) is 0 Å². The second kappa shape index (κ2) is 3.81. The van der Waals surface area contributed by atoms with Gasteiger partial charge in [-0.2, -0.15) is 0 Å². The van der Waals surface area contributed by atoms with Gasteiger partial charge in [0.15, 0.2) is 5.65 Å². The zero-order chi connectivity index (χ0) is 11.0. The van der Waals surface area contributed by atoms with Crippen molar-refractivity contribution in [2.75, 3.05) is 6.61 Å². The van der Waals surface area contributed by atoms with Crippen molar-refractivity contribution < 1.29 is 5.11 Å². The lowest BCUT2D eigenvalue weighted by Gasteiger charge is -2.09. The van der Waals surface area contributed by atoms with Crippen molar-refractivity contribution in [3.05, 3.63) is 34.7 Å². The number of imidazole rings is 1. The van der Waals surface area contributed by atoms with Crippen LogP contribution in [-0.4, -0.2) is 21.1 Å². The van der Waals surface area contributed by atoms with Crippen LogP contribution in [0.4, 0.5) is 0 Å². The van der Waals surface area contributed by atoms with E-state index < -0.39 is 6.04 Å². The number of aromatic nitrogens is 2. The molecule has 5 heteroatoms. The third-order valence-corrected chi connectivity index (χ3v) is 2.67. The van der Waals surface area contributed by atoms with Crippen LogP contribution in [0.1, 0.15) is 17.4 Å². The van der Waals surface area contributed by atoms with E-state index in [2.05, 4.69) is 4.98 Å². The Morgan fingerprint density at radius 1 is 1.67 bits per heavy atom. The lowest BCUT2D eigenvalue weighted by atomic mass is 10.2. The van der Waals surface area contributed by atoms with Crippen molar-refractivity contribution in [2.45, 2.75) is 13.0 Å². The summed E-state index contributed by atoms with van der Waals surface area (Å²) in [5.74, 6) is 0. The number of aryl methyl sites for hydroxylation is 1. The number of fused-ring (bicyclic) bond motifs is 1. The highest BCUT2D eigenvalue weighted by molar-refractivity contribution is 6.33. The van der Waals surface area contributed by atoms with Crippen molar-refractivity contribution in [3.8, 4) is 0 Å². The number of nitrogens with zero attached hydrogens (tertiary/aromatic N) is 2. The number of hydrogen-bond acceptors (Lipinski definition) is 3. The van der Waals surface area contributed by atoms with Gasteiger partial charge in [0.25, 0.3) is 0 Å². The molecule has 0 spiro atoms. The lowest BCUT2D eigenvalue weighted by Crippen LogP contribution is -2.17. The van der Waals surface area contributed by atoms with E-state index in [0.29, 0.717) is 10.7 Å². The average molecular weight is 226 g/mol. The molecule has 0 amide bonds. The summed E-state index contributed by atoms with van der Waals surface area (Å²) in [6.07, 6.45) is 1.84. The molecule has 80 valence electrons. The molecule has 3 N–H and O–H groups in total. The smallest absolute Gasteiger partial charge is 0.156 e. The highest BCUT2D eigenvalue weighted by Crippen LogP contribution is 2.22. The SMILES string of the molecule is Cc1nc2c(Cl)cccn2c1C(N)CO. The fraction of sp³-hybridized carbons (Fsp3) is 0.300. The molecule has 0 aliphatic carbocycles. The van der Waals surface area contributed by atoms with Crippen LogP contribution in [0.25, 0.3) is 5.65 Å². The number of halogens is 1. The Morgan fingerprint density at radius 3 is 3.07 bits per heavy atom. The van der Waals surface area contributed by atoms with Gasteiger partial charge in [-0.3, -0.25) is 0 Å². The van der Waals surface area contributed by atoms with Crippen LogP contribution in [0, 0.1) is 6.92 Å². The van der Waals surface area contributed by atoms with Gasteiger partial charge in [0.05, 0.1) is 29.1 Å². The Hall–Kier alpha value is -1.10. The minimum absolute atomic E-state index is 0.110. The van der Waals surface area contributed by atoms with Crippen LogP contribution in [0.15, 0.2) is 18.3 Å². The Morgan fingerprint density at radius 2 is 2.40 bits per heavy atom. The first-order valence-electron chi connectivity index (χ1n) is 4.64. The van der Waals surface area contributed by atoms with Crippen molar-refractivity contribution in [1.29, 1.82) is 0 Å². The molecule has 4 nitrogen and oxygen atoms in total. The summed E-state index contributed by atoms with van der Waals surface area (Å²) in [6.45, 7) is 1.75. The molecule has 15 heavy (non-hydrogen) atoms. The molecule has 1 unspecified atom stereocenters. The number of hydrogen-bond donors (Lipinski definition) is 2. The van der Waals surface area contributed by atoms with Gasteiger partial charge >= 0.3 is 0 Å². The molecular formula is C10H12ClN3O. The number of aliphatic hydroxyl groups is 1. The molecule has 0 saturated carbocycles. The van der Waals surface area contributed by atoms with Crippen LogP contribution in [0.5, 0.6) is 0 Å². The van der Waals surface area contributed by atoms with E-state index in [1.807, 2.05) is 23.6 Å². The first-order valence-corrected chi connectivity index (χ1v) is 5.02. The van der Waals surface area contributed by atoms with Crippen molar-refractivity contribution in [3.63, 3.8) is 0 Å². The first-order chi connectivity index (χ1) is 7.15. The van der Waals surface area contributed by atoms with Gasteiger partial charge in [-0.05, 0) is 19.1 Å². The minimum Gasteiger partial charge on any atom is -0.394 e. The quantitative estimate of drug-likeness (QED) is 0.810. The van der Waals surface area contributed by atoms with Crippen LogP contribution < -0.4 is 5.73 Å². The maximum absolute atomic E-state index is 9.06. The van der Waals surface area contributed by atoms with Gasteiger partial charge in [-0.15, -0.1) is 0 Å². The monoisotopic (exact) mass is 225 g/mol. The van der Waals surface area contributed by atoms with E-state index in [0.717, 1.165) is 11.4 Å². The van der Waals surface area contributed by atoms with Gasteiger partial charge in [-0.1, -0.05) is 11.6 Å². The summed E-state index contributed by atoms with van der Waals surface area (Å²) >= 11 is 6.00. The van der Waals surface area contributed by atoms with Crippen molar-refractivity contribution in [1.82, 2.24) is 9.38 Å². The van der Waals surface area contributed by atoms with E-state index >= 15 is 0 Å². The van der Waals surface area contributed by atoms with Crippen molar-refractivity contribution >= 4 is 17.2 Å². The summed E-state index contributed by atoms with van der Waals surface area (Å²) in [5, 5.41) is 9.64. The number of nitrogens with two attached hydrogens (primary N) is 1. The highest BCUT2D eigenvalue weighted by Gasteiger charge is 2.16. The van der Waals surface area contributed by atoms with Crippen LogP contribution >= 0.6 is 11.6 Å². The molecule has 0 radical (unpaired) electrons. The van der Waals surface area contributed by atoms with E-state index in [1.54, 1.807) is 6.07 Å². The third-order valence-electron chi connectivity index (χ3n) is 2.37. The zero-order valence-corrected chi connectivity index (χ0v) is 9.07. The Balaban J connectivity index is 2.73. The minimum atomic E-state index is -0.432. The third kappa shape index (κ3) is 1.61. The van der Waals surface area contributed by atoms with E-state index in [9.17, 15) is 0 Å². The maximum atomic E-state index is 9.06. The second-order valence-electron chi connectivity index (χ2n) is 3.42. The van der Waals surface area contributed by atoms with E-state index in [1.165, 1.54) is 0 Å². The van der Waals surface area contributed by atoms with Gasteiger partial charge < -0.3 is 15.2 Å². The van der Waals surface area contributed by atoms with Crippen LogP contribution in [0.2, 0.25) is 5.02 Å². The fourth-order valence-electron chi connectivity index (χ4n) is 1.70. The predicted octanol–water partition coefficient (Wildman–Crippen LogP) is 1.29. The molecule has 2 heterocycles. The molecule has 0 aliphatic rings. The molecule has 0 bridgehead atoms. The Bertz CT molecular complexity index is 495. The first kappa shape index (κ1) is 10.4. The summed E-state index contributed by atoms with van der Waals surface area (Å²) in [4.78, 5) is 4.32. The maximum Gasteiger partial charge on any atom is 0.156 e. The highest BCUT2D eigenvalue weighted by atomic mass is 35.5. The largest absolute Gasteiger partial charge is 0.394 e. The Kier molecular flexibility index (Phi) is 2.65. The summed E-state index contributed by atoms with van der Waals surface area (Å²) < 4.78 is 1.82. The summed E-state index contributed by atoms with van der Waals surface area (Å²) in [5.41, 5.74) is 8.08. The van der Waals surface area contributed by atoms with Gasteiger partial charge in [0, 0.05) is 6.20 Å². The molecule has 2 aromatic heterocycles. The second-order valence-corrected chi connectivity index (χ2v) is 3.83. The Labute approximate surface area is 92.3 Å². The zero-order valence-electron chi connectivity index (χ0n) is 8.31. The number of aliphatic hydroxyl groups excluding tert-OH is 1. The normalized spacial score (nSPS) is 13.3. The molecule has 0 aliphatic heterocycles. The fourth-order valence-corrected chi connectivity index (χ4v) is 1.91. The molecule has 0 fully saturated rings. The summed E-state index contributed by atoms with van der Waals surface area (Å²) in [6, 6.07) is 3.17. The van der Waals surface area contributed by atoms with Crippen molar-refractivity contribution in [2.24, 2.45) is 5.73 Å². The summed E-state index contributed by atoms with van der Waals surface area (Å²) in [7, 11) is 0. The number of rotatable bonds is 2. The molecule has 2 rings (SSSR count). The molecule has 0 aromatic carbocycles.